The van der Waals surface area contributed by atoms with E-state index in [0.717, 1.165) is 48.9 Å². The highest BCUT2D eigenvalue weighted by atomic mass is 35.5. The van der Waals surface area contributed by atoms with Gasteiger partial charge in [0.15, 0.2) is 10.9 Å². The van der Waals surface area contributed by atoms with Gasteiger partial charge < -0.3 is 15.3 Å². The molecule has 6 rings (SSSR count). The van der Waals surface area contributed by atoms with Gasteiger partial charge >= 0.3 is 0 Å². The largest absolute Gasteiger partial charge is 0.395 e. The number of amides is 1. The Hall–Kier alpha value is -2.79. The fourth-order valence-corrected chi connectivity index (χ4v) is 5.18. The molecule has 2 aromatic heterocycles. The third-order valence-electron chi connectivity index (χ3n) is 5.95. The summed E-state index contributed by atoms with van der Waals surface area (Å²) in [6, 6.07) is 5.50. The standard InChI is InChI=1S/C22H24ClN7O2S/c1-13-4-3-5-15(23)17(13)25-20(32)16-12-24-22(33-16)30-19-14(2)18(26-21(30)27-19)29-8-6-28(7-9-29)10-11-31/h3-5,12,31H,6-11H2,1-2H3,(H,25,32). The Morgan fingerprint density at radius 1 is 1.18 bits per heavy atom. The number of para-hydroxylation sites is 1. The Bertz CT molecular complexity index is 1190. The highest BCUT2D eigenvalue weighted by Gasteiger charge is 2.35. The molecule has 0 unspecified atom stereocenters. The molecule has 2 bridgehead atoms. The lowest BCUT2D eigenvalue weighted by atomic mass is 10.2. The van der Waals surface area contributed by atoms with E-state index in [4.69, 9.17) is 21.7 Å². The number of hydrogen-bond acceptors (Lipinski definition) is 9. The summed E-state index contributed by atoms with van der Waals surface area (Å²) in [5.41, 5.74) is 2.50. The van der Waals surface area contributed by atoms with E-state index in [2.05, 4.69) is 25.1 Å². The predicted octanol–water partition coefficient (Wildman–Crippen LogP) is 3.35. The number of halogens is 1. The molecule has 3 aliphatic heterocycles. The van der Waals surface area contributed by atoms with E-state index in [1.807, 2.05) is 30.9 Å². The zero-order valence-electron chi connectivity index (χ0n) is 18.4. The van der Waals surface area contributed by atoms with E-state index in [-0.39, 0.29) is 12.5 Å². The van der Waals surface area contributed by atoms with Crippen molar-refractivity contribution in [3.05, 3.63) is 45.4 Å². The summed E-state index contributed by atoms with van der Waals surface area (Å²) in [5.74, 6) is 2.10. The van der Waals surface area contributed by atoms with Crippen LogP contribution < -0.4 is 15.1 Å². The highest BCUT2D eigenvalue weighted by molar-refractivity contribution is 7.17. The first-order valence-corrected chi connectivity index (χ1v) is 11.9. The monoisotopic (exact) mass is 485 g/mol. The van der Waals surface area contributed by atoms with Crippen LogP contribution in [0.4, 0.5) is 28.4 Å². The minimum atomic E-state index is -0.252. The number of hydrogen-bond donors (Lipinski definition) is 2. The van der Waals surface area contributed by atoms with Crippen LogP contribution >= 0.6 is 22.9 Å². The van der Waals surface area contributed by atoms with Gasteiger partial charge in [-0.3, -0.25) is 9.69 Å². The van der Waals surface area contributed by atoms with Crippen LogP contribution in [-0.2, 0) is 0 Å². The average molecular weight is 486 g/mol. The van der Waals surface area contributed by atoms with Crippen molar-refractivity contribution in [1.82, 2.24) is 19.9 Å². The summed E-state index contributed by atoms with van der Waals surface area (Å²) in [5, 5.41) is 13.2. The summed E-state index contributed by atoms with van der Waals surface area (Å²) >= 11 is 7.53. The quantitative estimate of drug-likeness (QED) is 0.429. The van der Waals surface area contributed by atoms with Crippen molar-refractivity contribution in [3.8, 4) is 0 Å². The fourth-order valence-electron chi connectivity index (χ4n) is 4.10. The molecule has 11 heteroatoms. The highest BCUT2D eigenvalue weighted by Crippen LogP contribution is 2.45. The van der Waals surface area contributed by atoms with Gasteiger partial charge in [0.05, 0.1) is 23.5 Å². The number of piperazine rings is 1. The number of nitrogens with one attached hydrogen (secondary N) is 1. The van der Waals surface area contributed by atoms with Gasteiger partial charge in [0.1, 0.15) is 10.7 Å². The Morgan fingerprint density at radius 3 is 2.64 bits per heavy atom. The second-order valence-electron chi connectivity index (χ2n) is 8.08. The Balaban J connectivity index is 1.30. The minimum absolute atomic E-state index is 0.182. The molecule has 172 valence electrons. The van der Waals surface area contributed by atoms with Gasteiger partial charge in [-0.25, -0.2) is 9.88 Å². The smallest absolute Gasteiger partial charge is 0.267 e. The van der Waals surface area contributed by atoms with E-state index >= 15 is 0 Å². The number of thiazole rings is 1. The van der Waals surface area contributed by atoms with E-state index in [1.165, 1.54) is 11.3 Å². The van der Waals surface area contributed by atoms with Crippen LogP contribution in [0, 0.1) is 13.8 Å². The molecule has 1 saturated heterocycles. The van der Waals surface area contributed by atoms with E-state index < -0.39 is 0 Å². The summed E-state index contributed by atoms with van der Waals surface area (Å²) in [4.78, 5) is 33.4. The molecule has 33 heavy (non-hydrogen) atoms. The van der Waals surface area contributed by atoms with Crippen molar-refractivity contribution >= 4 is 57.2 Å². The van der Waals surface area contributed by atoms with Gasteiger partial charge in [-0.15, -0.1) is 0 Å². The molecule has 2 N–H and O–H groups in total. The summed E-state index contributed by atoms with van der Waals surface area (Å²) < 4.78 is 0. The lowest BCUT2D eigenvalue weighted by molar-refractivity contribution is 0.103. The number of nitrogens with zero attached hydrogens (tertiary/aromatic N) is 6. The van der Waals surface area contributed by atoms with Gasteiger partial charge in [0, 0.05) is 38.3 Å². The molecule has 3 aliphatic rings. The molecular weight excluding hydrogens is 462 g/mol. The molecule has 1 fully saturated rings. The van der Waals surface area contributed by atoms with Crippen molar-refractivity contribution in [2.24, 2.45) is 0 Å². The maximum absolute atomic E-state index is 12.8. The molecule has 3 aromatic rings. The zero-order chi connectivity index (χ0) is 23.1. The van der Waals surface area contributed by atoms with E-state index in [0.29, 0.717) is 33.2 Å². The second-order valence-corrected chi connectivity index (χ2v) is 9.49. The molecule has 5 heterocycles. The van der Waals surface area contributed by atoms with Crippen LogP contribution in [0.15, 0.2) is 24.4 Å². The van der Waals surface area contributed by atoms with Crippen LogP contribution in [0.1, 0.15) is 20.8 Å². The van der Waals surface area contributed by atoms with Gasteiger partial charge in [0.2, 0.25) is 5.95 Å². The zero-order valence-corrected chi connectivity index (χ0v) is 19.9. The van der Waals surface area contributed by atoms with Gasteiger partial charge in [-0.05, 0) is 25.5 Å². The number of aliphatic hydroxyl groups is 1. The first-order chi connectivity index (χ1) is 16.0. The average Bonchev–Trinajstić information content (AvgIpc) is 3.26. The van der Waals surface area contributed by atoms with Crippen molar-refractivity contribution in [1.29, 1.82) is 0 Å². The number of carbonyl (C=O) groups excluding carboxylic acids is 1. The van der Waals surface area contributed by atoms with Crippen LogP contribution in [0.5, 0.6) is 0 Å². The Kier molecular flexibility index (Phi) is 5.92. The molecule has 1 aromatic carbocycles. The number of aryl methyl sites for hydroxylation is 1. The number of β-amino-alcohol motifs (C(OH)–C–C–N with tert-alkyl or cyclic N) is 1. The first kappa shape index (κ1) is 22.0. The number of benzene rings is 1. The third-order valence-corrected chi connectivity index (χ3v) is 7.25. The van der Waals surface area contributed by atoms with Crippen LogP contribution in [-0.4, -0.2) is 70.2 Å². The molecule has 1 amide bonds. The number of fused-ring (bicyclic) bond motifs is 2. The van der Waals surface area contributed by atoms with Gasteiger partial charge in [0.25, 0.3) is 5.91 Å². The van der Waals surface area contributed by atoms with Crippen molar-refractivity contribution in [2.45, 2.75) is 13.8 Å². The number of aliphatic hydroxyl groups excluding tert-OH is 1. The summed E-state index contributed by atoms with van der Waals surface area (Å²) in [6.07, 6.45) is 1.57. The van der Waals surface area contributed by atoms with Crippen molar-refractivity contribution in [2.75, 3.05) is 54.4 Å². The third kappa shape index (κ3) is 4.04. The predicted molar refractivity (Wildman–Crippen MR) is 131 cm³/mol. The van der Waals surface area contributed by atoms with E-state index in [1.54, 1.807) is 12.3 Å². The number of carbonyl (C=O) groups is 1. The molecule has 0 aliphatic carbocycles. The molecule has 0 saturated carbocycles. The van der Waals surface area contributed by atoms with Crippen molar-refractivity contribution in [3.63, 3.8) is 0 Å². The van der Waals surface area contributed by atoms with Gasteiger partial charge in [-0.2, -0.15) is 9.97 Å². The molecular formula is C22H24ClN7O2S. The molecule has 0 spiro atoms. The first-order valence-electron chi connectivity index (χ1n) is 10.8. The summed E-state index contributed by atoms with van der Waals surface area (Å²) in [6.45, 7) is 8.32. The maximum atomic E-state index is 12.8. The minimum Gasteiger partial charge on any atom is -0.395 e. The molecule has 0 atom stereocenters. The Labute approximate surface area is 200 Å². The lowest BCUT2D eigenvalue weighted by Gasteiger charge is -2.38. The number of aromatic nitrogens is 3. The van der Waals surface area contributed by atoms with Crippen LogP contribution in [0.25, 0.3) is 0 Å². The molecule has 0 radical (unpaired) electrons. The normalized spacial score (nSPS) is 15.5. The van der Waals surface area contributed by atoms with Crippen LogP contribution in [0.2, 0.25) is 5.02 Å². The number of anilines is 5. The van der Waals surface area contributed by atoms with Crippen LogP contribution in [0.3, 0.4) is 0 Å². The SMILES string of the molecule is Cc1cccc(Cl)c1NC(=O)c1cnc(N2c3nc(N4CCN(CCO)CC4)c(C)c2n3)s1. The Morgan fingerprint density at radius 2 is 1.94 bits per heavy atom. The fraction of sp³-hybridized carbons (Fsp3) is 0.364. The van der Waals surface area contributed by atoms with Gasteiger partial charge in [-0.1, -0.05) is 35.1 Å². The van der Waals surface area contributed by atoms with Crippen molar-refractivity contribution < 1.29 is 9.90 Å². The van der Waals surface area contributed by atoms with E-state index in [9.17, 15) is 4.79 Å². The summed E-state index contributed by atoms with van der Waals surface area (Å²) in [7, 11) is 0. The number of rotatable bonds is 6. The molecule has 9 nitrogen and oxygen atoms in total. The lowest BCUT2D eigenvalue weighted by Crippen LogP contribution is -2.48. The maximum Gasteiger partial charge on any atom is 0.267 e. The topological polar surface area (TPSA) is 97.7 Å². The second kappa shape index (κ2) is 8.86.